The highest BCUT2D eigenvalue weighted by Crippen LogP contribution is 2.38. The van der Waals surface area contributed by atoms with Crippen LogP contribution in [0.5, 0.6) is 0 Å². The van der Waals surface area contributed by atoms with Crippen molar-refractivity contribution in [3.8, 4) is 0 Å². The van der Waals surface area contributed by atoms with Gasteiger partial charge in [-0.1, -0.05) is 12.1 Å². The van der Waals surface area contributed by atoms with Crippen molar-refractivity contribution >= 4 is 92.4 Å². The van der Waals surface area contributed by atoms with Gasteiger partial charge in [-0.2, -0.15) is 4.99 Å². The summed E-state index contributed by atoms with van der Waals surface area (Å²) < 4.78 is 32.9. The Morgan fingerprint density at radius 1 is 0.935 bits per heavy atom. The van der Waals surface area contributed by atoms with Crippen LogP contribution < -0.4 is 50.1 Å². The van der Waals surface area contributed by atoms with Gasteiger partial charge in [0.05, 0.1) is 48.8 Å². The zero-order valence-corrected chi connectivity index (χ0v) is 38.6. The Kier molecular flexibility index (Phi) is 20.2. The van der Waals surface area contributed by atoms with Crippen LogP contribution >= 0.6 is 24.4 Å². The number of methoxy groups -OCH3 is 1. The normalized spacial score (nSPS) is 12.2. The lowest BCUT2D eigenvalue weighted by Crippen LogP contribution is -3.00. The Hall–Kier alpha value is -6.09. The SMILES string of the molecule is COC(=O)C(C)(C)Nc1ccc(C(=O)CN)c(F)c1.F.[2H-].[C-]#[N+]c1ccc(N2C(=O)C(C)(C)N(c3ccc(C(=O)NC)c(F)c3)C2=S)cc1C.[C-]#[N+]c1ccc(N=C=S)cc1C.[I-]. The minimum Gasteiger partial charge on any atom is -1.00 e. The zero-order chi connectivity index (χ0) is 45.1. The monoisotopic (exact) mass is 1000 g/mol. The van der Waals surface area contributed by atoms with Crippen LogP contribution in [0.15, 0.2) is 77.8 Å². The molecular weight excluding hydrogens is 957 g/mol. The first-order valence-electron chi connectivity index (χ1n) is 17.9. The molecule has 0 spiro atoms. The van der Waals surface area contributed by atoms with E-state index in [1.807, 2.05) is 13.0 Å². The van der Waals surface area contributed by atoms with Crippen LogP contribution in [0.3, 0.4) is 0 Å². The number of halogens is 4. The van der Waals surface area contributed by atoms with Gasteiger partial charge in [-0.25, -0.2) is 23.3 Å². The minimum absolute atomic E-state index is 0. The standard InChI is InChI=1S/C21H19FN4O2S.C13H17FN2O3.C9H6N2S.FH.HI.H/c1-12-10-13(7-9-17(12)23-4)25-19(28)21(2,3)26(20(25)29)14-6-8-15(16(22)11-14)18(27)24-5;1-13(2,12(18)19-3)16-8-4-5-9(10(14)6-8)11(17)7-15;1-7-5-8(11-6-12)3-4-9(7)10-2;;;/h6-11H,1-3,5H3,(H,24,27);4-6,16H,7,15H2,1-3H3;3-5H,1H3;2*1H;/q;;;;;-1/p-1/i;;;;;1+1. The number of amides is 2. The van der Waals surface area contributed by atoms with E-state index in [-0.39, 0.29) is 58.8 Å². The van der Waals surface area contributed by atoms with Crippen LogP contribution in [0.4, 0.5) is 47.6 Å². The first-order valence-corrected chi connectivity index (χ1v) is 18.7. The van der Waals surface area contributed by atoms with Gasteiger partial charge in [0, 0.05) is 24.1 Å². The summed E-state index contributed by atoms with van der Waals surface area (Å²) in [6, 6.07) is 18.4. The number of Topliss-reactive ketones (excluding diaryl/α,β-unsaturated/α-hetero) is 1. The summed E-state index contributed by atoms with van der Waals surface area (Å²) in [4.78, 5) is 61.3. The summed E-state index contributed by atoms with van der Waals surface area (Å²) in [5.41, 5.74) is 7.78. The first-order chi connectivity index (χ1) is 28.2. The van der Waals surface area contributed by atoms with E-state index >= 15 is 0 Å². The van der Waals surface area contributed by atoms with Gasteiger partial charge in [-0.3, -0.25) is 24.0 Å². The topological polar surface area (TPSA) is 155 Å². The molecule has 0 atom stereocenters. The number of hydrogen-bond acceptors (Lipinski definition) is 10. The minimum atomic E-state index is -1.07. The van der Waals surface area contributed by atoms with E-state index in [4.69, 9.17) is 31.1 Å². The van der Waals surface area contributed by atoms with Crippen LogP contribution in [-0.2, 0) is 14.3 Å². The average molecular weight is 1000 g/mol. The second kappa shape index (κ2) is 23.2. The van der Waals surface area contributed by atoms with Gasteiger partial charge in [0.25, 0.3) is 11.8 Å². The third kappa shape index (κ3) is 12.5. The van der Waals surface area contributed by atoms with Crippen molar-refractivity contribution in [2.24, 2.45) is 10.7 Å². The van der Waals surface area contributed by atoms with Crippen molar-refractivity contribution in [2.45, 2.75) is 52.6 Å². The molecule has 1 fully saturated rings. The highest BCUT2D eigenvalue weighted by Gasteiger charge is 2.50. The molecule has 0 aliphatic carbocycles. The summed E-state index contributed by atoms with van der Waals surface area (Å²) in [5, 5.41) is 7.70. The highest BCUT2D eigenvalue weighted by atomic mass is 127. The fraction of sp³-hybridized carbons (Fsp3) is 0.256. The number of rotatable bonds is 9. The van der Waals surface area contributed by atoms with E-state index in [9.17, 15) is 28.0 Å². The van der Waals surface area contributed by atoms with Crippen LogP contribution in [-0.4, -0.2) is 65.6 Å². The van der Waals surface area contributed by atoms with Crippen LogP contribution in [0.25, 0.3) is 9.69 Å². The molecule has 4 aromatic rings. The summed E-state index contributed by atoms with van der Waals surface area (Å²) in [6.07, 6.45) is 0. The summed E-state index contributed by atoms with van der Waals surface area (Å²) in [7, 11) is 2.70. The quantitative estimate of drug-likeness (QED) is 0.0466. The molecule has 0 saturated carbocycles. The Bertz CT molecular complexity index is 2510. The number of nitrogens with one attached hydrogen (secondary N) is 2. The fourth-order valence-corrected chi connectivity index (χ4v) is 6.43. The molecular formula is C43H44F3IN8O5S2-2. The number of aryl methyl sites for hydroxylation is 2. The van der Waals surface area contributed by atoms with Gasteiger partial charge in [0.2, 0.25) is 0 Å². The number of ketones is 1. The van der Waals surface area contributed by atoms with Crippen molar-refractivity contribution < 1.29 is 62.8 Å². The Balaban J connectivity index is 0.000000979. The Morgan fingerprint density at radius 2 is 1.48 bits per heavy atom. The third-order valence-corrected chi connectivity index (χ3v) is 9.45. The number of nitrogens with two attached hydrogens (primary N) is 1. The molecule has 1 aliphatic heterocycles. The highest BCUT2D eigenvalue weighted by molar-refractivity contribution is 7.81. The number of anilines is 3. The molecule has 13 nitrogen and oxygen atoms in total. The molecule has 1 aliphatic rings. The smallest absolute Gasteiger partial charge is 0.330 e. The van der Waals surface area contributed by atoms with Gasteiger partial charge in [0.15, 0.2) is 22.3 Å². The molecule has 328 valence electrons. The summed E-state index contributed by atoms with van der Waals surface area (Å²) >= 11 is 10.0. The van der Waals surface area contributed by atoms with Gasteiger partial charge in [-0.05, 0) is 138 Å². The van der Waals surface area contributed by atoms with Crippen molar-refractivity contribution in [1.82, 2.24) is 5.32 Å². The molecule has 4 N–H and O–H groups in total. The number of esters is 1. The molecule has 5 rings (SSSR count). The molecule has 2 amide bonds. The van der Waals surface area contributed by atoms with Crippen LogP contribution in [0, 0.1) is 38.6 Å². The van der Waals surface area contributed by atoms with E-state index in [0.717, 1.165) is 22.9 Å². The Labute approximate surface area is 387 Å². The van der Waals surface area contributed by atoms with Gasteiger partial charge in [0.1, 0.15) is 22.7 Å². The van der Waals surface area contributed by atoms with Crippen molar-refractivity contribution in [2.75, 3.05) is 35.8 Å². The van der Waals surface area contributed by atoms with Gasteiger partial charge >= 0.3 is 5.97 Å². The van der Waals surface area contributed by atoms with E-state index in [0.29, 0.717) is 28.4 Å². The van der Waals surface area contributed by atoms with Crippen LogP contribution in [0.2, 0.25) is 0 Å². The Morgan fingerprint density at radius 3 is 1.97 bits per heavy atom. The predicted molar refractivity (Wildman–Crippen MR) is 239 cm³/mol. The lowest BCUT2D eigenvalue weighted by atomic mass is 10.0. The summed E-state index contributed by atoms with van der Waals surface area (Å²) in [5.74, 6) is -3.14. The van der Waals surface area contributed by atoms with E-state index < -0.39 is 40.4 Å². The van der Waals surface area contributed by atoms with Gasteiger partial charge in [-0.15, -0.1) is 0 Å². The summed E-state index contributed by atoms with van der Waals surface area (Å²) in [6.45, 7) is 24.0. The van der Waals surface area contributed by atoms with Crippen molar-refractivity contribution in [1.29, 1.82) is 0 Å². The van der Waals surface area contributed by atoms with Crippen LogP contribution in [0.1, 0.15) is 61.0 Å². The molecule has 4 aromatic carbocycles. The number of thiocarbonyl (C=S) groups is 2. The van der Waals surface area contributed by atoms with Crippen molar-refractivity contribution in [3.05, 3.63) is 130 Å². The number of carbonyl (C=O) groups is 4. The average Bonchev–Trinajstić information content (AvgIpc) is 3.39. The largest absolute Gasteiger partial charge is 1.00 e. The second-order valence-corrected chi connectivity index (χ2v) is 14.5. The molecule has 1 saturated heterocycles. The lowest BCUT2D eigenvalue weighted by molar-refractivity contribution is -0.144. The number of nitrogens with zero attached hydrogens (tertiary/aromatic N) is 5. The van der Waals surface area contributed by atoms with Gasteiger partial charge < -0.3 is 51.4 Å². The maximum atomic E-state index is 14.5. The van der Waals surface area contributed by atoms with E-state index in [2.05, 4.69) is 47.4 Å². The number of benzene rings is 4. The molecule has 0 unspecified atom stereocenters. The lowest BCUT2D eigenvalue weighted by Gasteiger charge is -2.29. The molecule has 0 bridgehead atoms. The molecule has 19 heteroatoms. The number of carbonyl (C=O) groups excluding carboxylic acids is 4. The molecule has 0 radical (unpaired) electrons. The molecule has 0 aromatic heterocycles. The second-order valence-electron chi connectivity index (χ2n) is 14.0. The number of aliphatic imine (C=N–C) groups is 1. The molecule has 1 heterocycles. The molecule has 62 heavy (non-hydrogen) atoms. The number of isothiocyanates is 1. The zero-order valence-electron chi connectivity index (χ0n) is 35.8. The van der Waals surface area contributed by atoms with Crippen molar-refractivity contribution in [3.63, 3.8) is 0 Å². The number of hydrogen-bond donors (Lipinski definition) is 3. The maximum Gasteiger partial charge on any atom is 0.330 e. The predicted octanol–water partition coefficient (Wildman–Crippen LogP) is 5.84. The fourth-order valence-electron chi connectivity index (χ4n) is 5.81. The maximum absolute atomic E-state index is 14.5. The van der Waals surface area contributed by atoms with E-state index in [1.54, 1.807) is 75.9 Å². The first kappa shape index (κ1) is 53.9. The van der Waals surface area contributed by atoms with E-state index in [1.165, 1.54) is 43.3 Å². The third-order valence-electron chi connectivity index (χ3n) is 8.99. The number of ether oxygens (including phenoxy) is 1.